The van der Waals surface area contributed by atoms with Crippen LogP contribution in [0.3, 0.4) is 0 Å². The molecule has 2 heterocycles. The molecular weight excluding hydrogens is 514 g/mol. The highest BCUT2D eigenvalue weighted by Gasteiger charge is 2.61. The van der Waals surface area contributed by atoms with E-state index in [4.69, 9.17) is 10.5 Å². The van der Waals surface area contributed by atoms with Crippen LogP contribution in [0.5, 0.6) is 0 Å². The predicted octanol–water partition coefficient (Wildman–Crippen LogP) is 1.31. The van der Waals surface area contributed by atoms with Crippen molar-refractivity contribution in [2.24, 2.45) is 11.7 Å². The Hall–Kier alpha value is -3.61. The molecule has 5 N–H and O–H groups in total. The molecule has 4 unspecified atom stereocenters. The molecule has 13 heteroatoms. The van der Waals surface area contributed by atoms with Crippen molar-refractivity contribution in [3.8, 4) is 0 Å². The lowest BCUT2D eigenvalue weighted by Gasteiger charge is -2.29. The first kappa shape index (κ1) is 27.4. The summed E-state index contributed by atoms with van der Waals surface area (Å²) in [6.45, 7) is 0.285. The molecule has 0 bridgehead atoms. The second kappa shape index (κ2) is 11.4. The van der Waals surface area contributed by atoms with Gasteiger partial charge in [0.25, 0.3) is 11.8 Å². The number of carbonyl (C=O) groups is 4. The Morgan fingerprint density at radius 2 is 1.84 bits per heavy atom. The van der Waals surface area contributed by atoms with Crippen molar-refractivity contribution in [2.45, 2.75) is 69.1 Å². The quantitative estimate of drug-likeness (QED) is 0.402. The Kier molecular flexibility index (Phi) is 8.24. The van der Waals surface area contributed by atoms with E-state index in [1.165, 1.54) is 17.0 Å². The zero-order chi connectivity index (χ0) is 27.3. The van der Waals surface area contributed by atoms with Gasteiger partial charge in [0, 0.05) is 12.5 Å². The number of rotatable bonds is 5. The van der Waals surface area contributed by atoms with Gasteiger partial charge in [-0.25, -0.2) is 9.52 Å². The van der Waals surface area contributed by atoms with Crippen LogP contribution in [0.25, 0.3) is 0 Å². The number of para-hydroxylation sites is 1. The Balaban J connectivity index is 1.55. The number of amides is 4. The van der Waals surface area contributed by atoms with Crippen molar-refractivity contribution in [2.75, 3.05) is 11.3 Å². The van der Waals surface area contributed by atoms with Crippen molar-refractivity contribution in [1.29, 1.82) is 0 Å². The zero-order valence-corrected chi connectivity index (χ0v) is 21.7. The maximum absolute atomic E-state index is 13.4. The molecule has 1 aromatic carbocycles. The van der Waals surface area contributed by atoms with E-state index in [1.807, 2.05) is 16.9 Å². The summed E-state index contributed by atoms with van der Waals surface area (Å²) >= 11 is 0. The van der Waals surface area contributed by atoms with Crippen LogP contribution in [0.15, 0.2) is 42.5 Å². The average molecular weight is 548 g/mol. The van der Waals surface area contributed by atoms with E-state index in [2.05, 4.69) is 10.0 Å². The van der Waals surface area contributed by atoms with Crippen LogP contribution >= 0.6 is 0 Å². The van der Waals surface area contributed by atoms with Gasteiger partial charge in [0.05, 0.1) is 5.69 Å². The van der Waals surface area contributed by atoms with Gasteiger partial charge in [0.15, 0.2) is 6.10 Å². The molecule has 1 aliphatic carbocycles. The number of nitrogens with one attached hydrogen (secondary N) is 3. The van der Waals surface area contributed by atoms with Gasteiger partial charge in [0.1, 0.15) is 11.6 Å². The molecule has 12 nitrogen and oxygen atoms in total. The van der Waals surface area contributed by atoms with Crippen LogP contribution in [0.2, 0.25) is 0 Å². The Morgan fingerprint density at radius 3 is 2.58 bits per heavy atom. The molecule has 4 amide bonds. The number of nitrogens with zero attached hydrogens (tertiary/aromatic N) is 1. The first-order valence-electron chi connectivity index (χ1n) is 12.8. The average Bonchev–Trinajstić information content (AvgIpc) is 3.32. The number of primary amides is 1. The zero-order valence-electron chi connectivity index (χ0n) is 20.9. The molecule has 0 aromatic heterocycles. The predicted molar refractivity (Wildman–Crippen MR) is 138 cm³/mol. The summed E-state index contributed by atoms with van der Waals surface area (Å²) in [5.74, 6) is -2.34. The number of hydrogen-bond acceptors (Lipinski definition) is 7. The molecule has 0 spiro atoms. The normalized spacial score (nSPS) is 28.1. The van der Waals surface area contributed by atoms with Crippen LogP contribution in [0, 0.1) is 5.92 Å². The van der Waals surface area contributed by atoms with Crippen molar-refractivity contribution < 1.29 is 32.3 Å². The number of benzene rings is 1. The maximum atomic E-state index is 13.4. The molecule has 3 aliphatic rings. The molecule has 206 valence electrons. The molecule has 2 fully saturated rings. The third-order valence-electron chi connectivity index (χ3n) is 7.10. The summed E-state index contributed by atoms with van der Waals surface area (Å²) in [4.78, 5) is 52.7. The minimum atomic E-state index is -4.27. The van der Waals surface area contributed by atoms with Gasteiger partial charge >= 0.3 is 16.3 Å². The van der Waals surface area contributed by atoms with Crippen molar-refractivity contribution in [1.82, 2.24) is 14.9 Å². The third-order valence-corrected chi connectivity index (χ3v) is 8.06. The van der Waals surface area contributed by atoms with E-state index in [-0.39, 0.29) is 25.1 Å². The van der Waals surface area contributed by atoms with Crippen LogP contribution in [0.4, 0.5) is 10.5 Å². The summed E-state index contributed by atoms with van der Waals surface area (Å²) in [6.07, 6.45) is 5.88. The lowest BCUT2D eigenvalue weighted by Crippen LogP contribution is -2.57. The van der Waals surface area contributed by atoms with Crippen molar-refractivity contribution in [3.05, 3.63) is 42.5 Å². The smallest absolute Gasteiger partial charge is 0.405 e. The summed E-state index contributed by atoms with van der Waals surface area (Å²) in [5.41, 5.74) is 3.99. The van der Waals surface area contributed by atoms with Crippen LogP contribution in [0.1, 0.15) is 51.4 Å². The number of fused-ring (bicyclic) bond motifs is 2. The Labute approximate surface area is 221 Å². The second-order valence-corrected chi connectivity index (χ2v) is 11.3. The molecule has 4 atom stereocenters. The van der Waals surface area contributed by atoms with Gasteiger partial charge < -0.3 is 20.7 Å². The summed E-state index contributed by atoms with van der Waals surface area (Å²) in [5, 5.41) is 2.75. The molecule has 2 aliphatic heterocycles. The van der Waals surface area contributed by atoms with Crippen molar-refractivity contribution >= 4 is 39.7 Å². The largest absolute Gasteiger partial charge is 0.436 e. The van der Waals surface area contributed by atoms with E-state index < -0.39 is 57.6 Å². The number of ether oxygens (including phenoxy) is 1. The van der Waals surface area contributed by atoms with E-state index in [0.29, 0.717) is 25.7 Å². The number of anilines is 1. The highest BCUT2D eigenvalue weighted by Crippen LogP contribution is 2.45. The highest BCUT2D eigenvalue weighted by molar-refractivity contribution is 7.91. The van der Waals surface area contributed by atoms with E-state index in [1.54, 1.807) is 18.2 Å². The summed E-state index contributed by atoms with van der Waals surface area (Å²) in [6, 6.07) is 7.21. The van der Waals surface area contributed by atoms with Gasteiger partial charge in [-0.3, -0.25) is 19.1 Å². The van der Waals surface area contributed by atoms with Gasteiger partial charge in [0.2, 0.25) is 5.91 Å². The van der Waals surface area contributed by atoms with E-state index in [0.717, 1.165) is 12.8 Å². The lowest BCUT2D eigenvalue weighted by molar-refractivity contribution is -0.146. The SMILES string of the molecule is NC(=O)OC1CCCCCC=CC2CC2(C(=O)NS(=O)(=O)Nc2ccccc2)NC(=O)C2CCCN2C1=O. The summed E-state index contributed by atoms with van der Waals surface area (Å²) in [7, 11) is -4.27. The number of hydrogen-bond donors (Lipinski definition) is 4. The van der Waals surface area contributed by atoms with Crippen molar-refractivity contribution in [3.63, 3.8) is 0 Å². The second-order valence-electron chi connectivity index (χ2n) is 9.86. The molecule has 1 saturated carbocycles. The highest BCUT2D eigenvalue weighted by atomic mass is 32.2. The molecule has 1 saturated heterocycles. The standard InChI is InChI=1S/C25H33N5O7S/c26-24(34)37-20-14-8-3-1-2-5-10-17-16-25(17,27-21(31)19-13-9-15-30(19)22(20)32)23(33)29-38(35,36)28-18-11-6-4-7-12-18/h4-7,10-12,17,19-20,28H,1-3,8-9,13-16H2,(H2,26,34)(H,27,31)(H,29,33). The van der Waals surface area contributed by atoms with E-state index in [9.17, 15) is 27.6 Å². The van der Waals surface area contributed by atoms with Gasteiger partial charge in [-0.05, 0) is 57.1 Å². The van der Waals surface area contributed by atoms with Gasteiger partial charge in [-0.2, -0.15) is 8.42 Å². The number of allylic oxidation sites excluding steroid dienone is 1. The van der Waals surface area contributed by atoms with Crippen LogP contribution < -0.4 is 20.5 Å². The summed E-state index contributed by atoms with van der Waals surface area (Å²) < 4.78 is 34.8. The third kappa shape index (κ3) is 6.44. The molecular formula is C25H33N5O7S. The van der Waals surface area contributed by atoms with Crippen LogP contribution in [-0.2, 0) is 29.3 Å². The Morgan fingerprint density at radius 1 is 1.08 bits per heavy atom. The Bertz CT molecular complexity index is 1210. The van der Waals surface area contributed by atoms with Gasteiger partial charge in [-0.15, -0.1) is 0 Å². The van der Waals surface area contributed by atoms with Crippen LogP contribution in [-0.4, -0.2) is 61.4 Å². The first-order chi connectivity index (χ1) is 18.1. The maximum Gasteiger partial charge on any atom is 0.405 e. The monoisotopic (exact) mass is 547 g/mol. The minimum Gasteiger partial charge on any atom is -0.436 e. The molecule has 4 rings (SSSR count). The number of nitrogens with two attached hydrogens (primary N) is 1. The topological polar surface area (TPSA) is 177 Å². The number of carbonyl (C=O) groups excluding carboxylic acids is 4. The lowest BCUT2D eigenvalue weighted by atomic mass is 10.1. The molecule has 0 radical (unpaired) electrons. The van der Waals surface area contributed by atoms with Gasteiger partial charge in [-0.1, -0.05) is 36.8 Å². The minimum absolute atomic E-state index is 0.218. The first-order valence-corrected chi connectivity index (χ1v) is 14.2. The fraction of sp³-hybridized carbons (Fsp3) is 0.520. The molecule has 38 heavy (non-hydrogen) atoms. The molecule has 1 aromatic rings. The fourth-order valence-electron chi connectivity index (χ4n) is 5.08. The van der Waals surface area contributed by atoms with E-state index >= 15 is 0 Å². The fourth-order valence-corrected chi connectivity index (χ4v) is 6.00.